The van der Waals surface area contributed by atoms with Gasteiger partial charge in [-0.2, -0.15) is 0 Å². The summed E-state index contributed by atoms with van der Waals surface area (Å²) in [6.07, 6.45) is 1.70. The fourth-order valence-electron chi connectivity index (χ4n) is 2.64. The first-order valence-corrected chi connectivity index (χ1v) is 9.16. The summed E-state index contributed by atoms with van der Waals surface area (Å²) < 4.78 is 0. The molecule has 2 amide bonds. The van der Waals surface area contributed by atoms with E-state index < -0.39 is 0 Å². The van der Waals surface area contributed by atoms with Crippen LogP contribution in [0.2, 0.25) is 0 Å². The molecule has 0 fully saturated rings. The number of benzene rings is 1. The molecule has 2 aromatic rings. The number of likely N-dealkylation sites (N-methyl/N-ethyl adjacent to an activating group) is 2. The van der Waals surface area contributed by atoms with Crippen LogP contribution in [0.3, 0.4) is 0 Å². The summed E-state index contributed by atoms with van der Waals surface area (Å²) in [5.74, 6) is 0.266. The Morgan fingerprint density at radius 1 is 0.964 bits per heavy atom. The van der Waals surface area contributed by atoms with E-state index >= 15 is 0 Å². The molecule has 0 radical (unpaired) electrons. The van der Waals surface area contributed by atoms with E-state index in [1.807, 2.05) is 56.3 Å². The maximum absolute atomic E-state index is 12.4. The van der Waals surface area contributed by atoms with Crippen molar-refractivity contribution in [2.24, 2.45) is 0 Å². The van der Waals surface area contributed by atoms with Crippen LogP contribution in [0.4, 0.5) is 11.5 Å². The Bertz CT molecular complexity index is 787. The summed E-state index contributed by atoms with van der Waals surface area (Å²) in [4.78, 5) is 34.1. The minimum atomic E-state index is -0.200. The minimum Gasteiger partial charge on any atom is -0.378 e. The van der Waals surface area contributed by atoms with Crippen molar-refractivity contribution in [2.45, 2.75) is 13.5 Å². The van der Waals surface area contributed by atoms with Gasteiger partial charge in [-0.15, -0.1) is 0 Å². The topological polar surface area (TPSA) is 68.8 Å². The van der Waals surface area contributed by atoms with Crippen molar-refractivity contribution in [3.05, 3.63) is 53.7 Å². The van der Waals surface area contributed by atoms with Crippen LogP contribution in [-0.4, -0.2) is 67.9 Å². The molecule has 1 aromatic carbocycles. The number of rotatable bonds is 8. The fraction of sp³-hybridized carbons (Fsp3) is 0.381. The van der Waals surface area contributed by atoms with Crippen LogP contribution in [-0.2, 0) is 16.1 Å². The van der Waals surface area contributed by atoms with Gasteiger partial charge in [-0.1, -0.05) is 18.2 Å². The SMILES string of the molecule is Cc1ccc(NC(=O)CN(C)CC(=O)N(C)Cc2ccc(N(C)C)cc2)nc1. The third kappa shape index (κ3) is 6.66. The highest BCUT2D eigenvalue weighted by Gasteiger charge is 2.15. The molecule has 28 heavy (non-hydrogen) atoms. The maximum Gasteiger partial charge on any atom is 0.239 e. The zero-order valence-electron chi connectivity index (χ0n) is 17.3. The first-order chi connectivity index (χ1) is 13.2. The number of pyridine rings is 1. The van der Waals surface area contributed by atoms with Gasteiger partial charge in [-0.05, 0) is 43.3 Å². The summed E-state index contributed by atoms with van der Waals surface area (Å²) in [6, 6.07) is 11.7. The molecule has 2 rings (SSSR count). The number of carbonyl (C=O) groups is 2. The van der Waals surface area contributed by atoms with E-state index in [9.17, 15) is 9.59 Å². The van der Waals surface area contributed by atoms with E-state index in [4.69, 9.17) is 0 Å². The summed E-state index contributed by atoms with van der Waals surface area (Å²) >= 11 is 0. The molecule has 1 heterocycles. The molecule has 0 aliphatic heterocycles. The Kier molecular flexibility index (Phi) is 7.52. The average molecular weight is 383 g/mol. The Hall–Kier alpha value is -2.93. The number of hydrogen-bond acceptors (Lipinski definition) is 5. The smallest absolute Gasteiger partial charge is 0.239 e. The molecule has 7 nitrogen and oxygen atoms in total. The molecule has 1 N–H and O–H groups in total. The van der Waals surface area contributed by atoms with E-state index in [1.54, 1.807) is 36.2 Å². The third-order valence-corrected chi connectivity index (χ3v) is 4.30. The van der Waals surface area contributed by atoms with Crippen LogP contribution in [0.1, 0.15) is 11.1 Å². The maximum atomic E-state index is 12.4. The first kappa shape index (κ1) is 21.4. The molecular formula is C21H29N5O2. The second-order valence-corrected chi connectivity index (χ2v) is 7.25. The minimum absolute atomic E-state index is 0.0413. The Morgan fingerprint density at radius 3 is 2.21 bits per heavy atom. The van der Waals surface area contributed by atoms with E-state index in [-0.39, 0.29) is 24.9 Å². The van der Waals surface area contributed by atoms with Gasteiger partial charge in [0, 0.05) is 39.6 Å². The molecule has 150 valence electrons. The standard InChI is InChI=1S/C21H29N5O2/c1-16-6-11-19(22-12-16)23-20(27)14-25(4)15-21(28)26(5)13-17-7-9-18(10-8-17)24(2)3/h6-12H,13-15H2,1-5H3,(H,22,23,27). The summed E-state index contributed by atoms with van der Waals surface area (Å²) in [7, 11) is 7.50. The van der Waals surface area contributed by atoms with Crippen molar-refractivity contribution in [3.8, 4) is 0 Å². The fourth-order valence-corrected chi connectivity index (χ4v) is 2.64. The largest absolute Gasteiger partial charge is 0.378 e. The van der Waals surface area contributed by atoms with Gasteiger partial charge in [-0.25, -0.2) is 4.98 Å². The van der Waals surface area contributed by atoms with Gasteiger partial charge >= 0.3 is 0 Å². The van der Waals surface area contributed by atoms with Crippen molar-refractivity contribution in [1.82, 2.24) is 14.8 Å². The van der Waals surface area contributed by atoms with Gasteiger partial charge in [0.25, 0.3) is 0 Å². The van der Waals surface area contributed by atoms with E-state index in [2.05, 4.69) is 10.3 Å². The van der Waals surface area contributed by atoms with Crippen molar-refractivity contribution in [2.75, 3.05) is 51.5 Å². The lowest BCUT2D eigenvalue weighted by Crippen LogP contribution is -2.39. The molecule has 0 aliphatic rings. The molecule has 7 heteroatoms. The molecule has 1 aromatic heterocycles. The molecule has 0 aliphatic carbocycles. The van der Waals surface area contributed by atoms with Crippen LogP contribution in [0, 0.1) is 6.92 Å². The predicted molar refractivity (Wildman–Crippen MR) is 112 cm³/mol. The average Bonchev–Trinajstić information content (AvgIpc) is 2.63. The number of hydrogen-bond donors (Lipinski definition) is 1. The Labute approximate surface area is 167 Å². The number of aromatic nitrogens is 1. The Balaban J connectivity index is 1.80. The monoisotopic (exact) mass is 383 g/mol. The van der Waals surface area contributed by atoms with Crippen molar-refractivity contribution in [1.29, 1.82) is 0 Å². The molecule has 0 saturated carbocycles. The molecule has 0 saturated heterocycles. The zero-order chi connectivity index (χ0) is 20.7. The van der Waals surface area contributed by atoms with Gasteiger partial charge in [0.05, 0.1) is 13.1 Å². The highest BCUT2D eigenvalue weighted by molar-refractivity contribution is 5.91. The van der Waals surface area contributed by atoms with Gasteiger partial charge in [0.1, 0.15) is 5.82 Å². The van der Waals surface area contributed by atoms with Crippen LogP contribution in [0.25, 0.3) is 0 Å². The lowest BCUT2D eigenvalue weighted by atomic mass is 10.2. The summed E-state index contributed by atoms with van der Waals surface area (Å²) in [5.41, 5.74) is 3.21. The zero-order valence-corrected chi connectivity index (χ0v) is 17.3. The third-order valence-electron chi connectivity index (χ3n) is 4.30. The van der Waals surface area contributed by atoms with Gasteiger partial charge in [-0.3, -0.25) is 14.5 Å². The predicted octanol–water partition coefficient (Wildman–Crippen LogP) is 1.98. The first-order valence-electron chi connectivity index (χ1n) is 9.16. The lowest BCUT2D eigenvalue weighted by molar-refractivity contribution is -0.131. The van der Waals surface area contributed by atoms with Crippen LogP contribution < -0.4 is 10.2 Å². The highest BCUT2D eigenvalue weighted by atomic mass is 16.2. The Morgan fingerprint density at radius 2 is 1.64 bits per heavy atom. The molecule has 0 bridgehead atoms. The quantitative estimate of drug-likeness (QED) is 0.755. The van der Waals surface area contributed by atoms with Gasteiger partial charge in [0.2, 0.25) is 11.8 Å². The summed E-state index contributed by atoms with van der Waals surface area (Å²) in [5, 5.41) is 2.74. The molecule has 0 unspecified atom stereocenters. The molecular weight excluding hydrogens is 354 g/mol. The molecule has 0 atom stereocenters. The van der Waals surface area contributed by atoms with E-state index in [0.29, 0.717) is 12.4 Å². The van der Waals surface area contributed by atoms with E-state index in [0.717, 1.165) is 16.8 Å². The highest BCUT2D eigenvalue weighted by Crippen LogP contribution is 2.13. The van der Waals surface area contributed by atoms with E-state index in [1.165, 1.54) is 0 Å². The molecule has 0 spiro atoms. The summed E-state index contributed by atoms with van der Waals surface area (Å²) in [6.45, 7) is 2.75. The van der Waals surface area contributed by atoms with Crippen molar-refractivity contribution < 1.29 is 9.59 Å². The van der Waals surface area contributed by atoms with Crippen LogP contribution in [0.5, 0.6) is 0 Å². The van der Waals surface area contributed by atoms with Crippen LogP contribution >= 0.6 is 0 Å². The van der Waals surface area contributed by atoms with Gasteiger partial charge < -0.3 is 15.1 Å². The van der Waals surface area contributed by atoms with Crippen molar-refractivity contribution in [3.63, 3.8) is 0 Å². The number of aryl methyl sites for hydroxylation is 1. The number of carbonyl (C=O) groups excluding carboxylic acids is 2. The normalized spacial score (nSPS) is 10.6. The number of anilines is 2. The van der Waals surface area contributed by atoms with Gasteiger partial charge in [0.15, 0.2) is 0 Å². The number of nitrogens with zero attached hydrogens (tertiary/aromatic N) is 4. The second-order valence-electron chi connectivity index (χ2n) is 7.25. The van der Waals surface area contributed by atoms with Crippen LogP contribution in [0.15, 0.2) is 42.6 Å². The number of nitrogens with one attached hydrogen (secondary N) is 1. The second kappa shape index (κ2) is 9.85. The van der Waals surface area contributed by atoms with Crippen molar-refractivity contribution >= 4 is 23.3 Å². The number of amides is 2. The lowest BCUT2D eigenvalue weighted by Gasteiger charge is -2.22.